The van der Waals surface area contributed by atoms with Gasteiger partial charge in [-0.2, -0.15) is 0 Å². The third-order valence-electron chi connectivity index (χ3n) is 4.31. The number of hydrogen-bond donors (Lipinski definition) is 1. The zero-order valence-electron chi connectivity index (χ0n) is 12.9. The molecule has 1 aromatic heterocycles. The van der Waals surface area contributed by atoms with E-state index in [1.54, 1.807) is 0 Å². The molecule has 5 heteroatoms. The Hall–Kier alpha value is -0.870. The summed E-state index contributed by atoms with van der Waals surface area (Å²) in [6.07, 6.45) is 5.09. The Morgan fingerprint density at radius 1 is 1.30 bits per heavy atom. The average molecular weight is 297 g/mol. The van der Waals surface area contributed by atoms with Crippen LogP contribution in [-0.2, 0) is 0 Å². The van der Waals surface area contributed by atoms with Crippen molar-refractivity contribution >= 4 is 17.4 Å². The highest BCUT2D eigenvalue weighted by Crippen LogP contribution is 2.34. The van der Waals surface area contributed by atoms with Crippen LogP contribution in [0.3, 0.4) is 0 Å². The first-order valence-electron chi connectivity index (χ1n) is 7.39. The summed E-state index contributed by atoms with van der Waals surface area (Å²) in [6.45, 7) is 5.06. The predicted molar refractivity (Wildman–Crippen MR) is 84.5 cm³/mol. The Kier molecular flexibility index (Phi) is 4.86. The first-order valence-corrected chi connectivity index (χ1v) is 7.76. The second-order valence-corrected chi connectivity index (χ2v) is 6.66. The lowest BCUT2D eigenvalue weighted by Gasteiger charge is -2.36. The highest BCUT2D eigenvalue weighted by Gasteiger charge is 2.35. The monoisotopic (exact) mass is 296 g/mol. The van der Waals surface area contributed by atoms with Crippen molar-refractivity contribution < 1.29 is 0 Å². The van der Waals surface area contributed by atoms with Crippen LogP contribution in [0.4, 0.5) is 5.82 Å². The number of anilines is 1. The van der Waals surface area contributed by atoms with Gasteiger partial charge in [0.1, 0.15) is 16.8 Å². The van der Waals surface area contributed by atoms with Crippen molar-refractivity contribution in [3.05, 3.63) is 17.0 Å². The zero-order chi connectivity index (χ0) is 14.8. The molecule has 0 aromatic carbocycles. The van der Waals surface area contributed by atoms with Crippen molar-refractivity contribution in [3.8, 4) is 0 Å². The largest absolute Gasteiger partial charge is 0.368 e. The Morgan fingerprint density at radius 3 is 2.50 bits per heavy atom. The number of nitrogens with one attached hydrogen (secondary N) is 1. The van der Waals surface area contributed by atoms with Crippen LogP contribution in [0.25, 0.3) is 0 Å². The maximum atomic E-state index is 6.09. The van der Waals surface area contributed by atoms with Crippen LogP contribution in [-0.4, -0.2) is 41.0 Å². The molecule has 1 saturated carbocycles. The van der Waals surface area contributed by atoms with Crippen LogP contribution >= 0.6 is 11.6 Å². The van der Waals surface area contributed by atoms with Gasteiger partial charge in [-0.25, -0.2) is 9.97 Å². The highest BCUT2D eigenvalue weighted by atomic mass is 35.5. The van der Waals surface area contributed by atoms with Gasteiger partial charge in [0.15, 0.2) is 0 Å². The maximum absolute atomic E-state index is 6.09. The third-order valence-corrected chi connectivity index (χ3v) is 4.50. The van der Waals surface area contributed by atoms with E-state index < -0.39 is 0 Å². The van der Waals surface area contributed by atoms with Gasteiger partial charge in [0.2, 0.25) is 0 Å². The second kappa shape index (κ2) is 6.27. The molecule has 1 aromatic rings. The SMILES string of the molecule is CC(C)c1nc(Cl)cc(NCC2(N(C)C)CCCC2)n1. The molecule has 4 nitrogen and oxygen atoms in total. The summed E-state index contributed by atoms with van der Waals surface area (Å²) in [4.78, 5) is 11.2. The quantitative estimate of drug-likeness (QED) is 0.844. The molecule has 1 N–H and O–H groups in total. The first-order chi connectivity index (χ1) is 9.43. The molecule has 1 aliphatic carbocycles. The summed E-state index contributed by atoms with van der Waals surface area (Å²) in [6, 6.07) is 1.81. The van der Waals surface area contributed by atoms with Crippen molar-refractivity contribution in [2.75, 3.05) is 26.0 Å². The van der Waals surface area contributed by atoms with E-state index in [0.717, 1.165) is 18.2 Å². The van der Waals surface area contributed by atoms with E-state index in [1.807, 2.05) is 6.07 Å². The van der Waals surface area contributed by atoms with Crippen molar-refractivity contribution in [1.82, 2.24) is 14.9 Å². The van der Waals surface area contributed by atoms with Crippen LogP contribution < -0.4 is 5.32 Å². The van der Waals surface area contributed by atoms with Crippen molar-refractivity contribution in [3.63, 3.8) is 0 Å². The van der Waals surface area contributed by atoms with Crippen LogP contribution in [0, 0.1) is 0 Å². The van der Waals surface area contributed by atoms with E-state index in [0.29, 0.717) is 5.15 Å². The molecule has 0 bridgehead atoms. The van der Waals surface area contributed by atoms with E-state index in [2.05, 4.69) is 48.1 Å². The second-order valence-electron chi connectivity index (χ2n) is 6.27. The Balaban J connectivity index is 2.10. The molecule has 20 heavy (non-hydrogen) atoms. The summed E-state index contributed by atoms with van der Waals surface area (Å²) in [5.41, 5.74) is 0.245. The molecule has 0 aliphatic heterocycles. The zero-order valence-corrected chi connectivity index (χ0v) is 13.7. The Bertz CT molecular complexity index is 453. The van der Waals surface area contributed by atoms with Gasteiger partial charge in [-0.3, -0.25) is 0 Å². The van der Waals surface area contributed by atoms with Gasteiger partial charge in [-0.15, -0.1) is 0 Å². The third kappa shape index (κ3) is 3.41. The number of nitrogens with zero attached hydrogens (tertiary/aromatic N) is 3. The fourth-order valence-corrected chi connectivity index (χ4v) is 3.04. The van der Waals surface area contributed by atoms with Gasteiger partial charge in [-0.05, 0) is 26.9 Å². The lowest BCUT2D eigenvalue weighted by atomic mass is 9.96. The number of aromatic nitrogens is 2. The molecule has 0 radical (unpaired) electrons. The van der Waals surface area contributed by atoms with Crippen molar-refractivity contribution in [1.29, 1.82) is 0 Å². The fourth-order valence-electron chi connectivity index (χ4n) is 2.85. The predicted octanol–water partition coefficient (Wildman–Crippen LogP) is 3.54. The summed E-state index contributed by atoms with van der Waals surface area (Å²) in [5, 5.41) is 3.98. The molecule has 2 rings (SSSR count). The smallest absolute Gasteiger partial charge is 0.135 e. The number of rotatable bonds is 5. The number of likely N-dealkylation sites (N-methyl/N-ethyl adjacent to an activating group) is 1. The van der Waals surface area contributed by atoms with E-state index in [4.69, 9.17) is 11.6 Å². The lowest BCUT2D eigenvalue weighted by Crippen LogP contribution is -2.47. The van der Waals surface area contributed by atoms with Gasteiger partial charge in [-0.1, -0.05) is 38.3 Å². The molecule has 0 atom stereocenters. The van der Waals surface area contributed by atoms with E-state index in [-0.39, 0.29) is 11.5 Å². The van der Waals surface area contributed by atoms with Gasteiger partial charge in [0, 0.05) is 24.1 Å². The standard InChI is InChI=1S/C15H25ClN4/c1-11(2)14-18-12(16)9-13(19-14)17-10-15(20(3)4)7-5-6-8-15/h9,11H,5-8,10H2,1-4H3,(H,17,18,19). The van der Waals surface area contributed by atoms with Gasteiger partial charge >= 0.3 is 0 Å². The summed E-state index contributed by atoms with van der Waals surface area (Å²) >= 11 is 6.09. The summed E-state index contributed by atoms with van der Waals surface area (Å²) < 4.78 is 0. The Labute approximate surface area is 126 Å². The molecule has 0 unspecified atom stereocenters. The van der Waals surface area contributed by atoms with Gasteiger partial charge < -0.3 is 10.2 Å². The molecular formula is C15H25ClN4. The highest BCUT2D eigenvalue weighted by molar-refractivity contribution is 6.29. The van der Waals surface area contributed by atoms with Gasteiger partial charge in [0.25, 0.3) is 0 Å². The first kappa shape index (κ1) is 15.5. The number of hydrogen-bond acceptors (Lipinski definition) is 4. The minimum atomic E-state index is 0.245. The van der Waals surface area contributed by atoms with Crippen molar-refractivity contribution in [2.24, 2.45) is 0 Å². The van der Waals surface area contributed by atoms with Crippen molar-refractivity contribution in [2.45, 2.75) is 51.0 Å². The summed E-state index contributed by atoms with van der Waals surface area (Å²) in [5.74, 6) is 1.91. The molecule has 112 valence electrons. The van der Waals surface area contributed by atoms with E-state index in [1.165, 1.54) is 25.7 Å². The molecule has 1 heterocycles. The fraction of sp³-hybridized carbons (Fsp3) is 0.733. The van der Waals surface area contributed by atoms with Crippen LogP contribution in [0.5, 0.6) is 0 Å². The summed E-state index contributed by atoms with van der Waals surface area (Å²) in [7, 11) is 4.33. The van der Waals surface area contributed by atoms with Gasteiger partial charge in [0.05, 0.1) is 0 Å². The van der Waals surface area contributed by atoms with Crippen LogP contribution in [0.2, 0.25) is 5.15 Å². The Morgan fingerprint density at radius 2 is 1.95 bits per heavy atom. The lowest BCUT2D eigenvalue weighted by molar-refractivity contribution is 0.172. The minimum Gasteiger partial charge on any atom is -0.368 e. The topological polar surface area (TPSA) is 41.1 Å². The average Bonchev–Trinajstić information content (AvgIpc) is 2.86. The maximum Gasteiger partial charge on any atom is 0.135 e. The molecule has 1 fully saturated rings. The normalized spacial score (nSPS) is 17.9. The van der Waals surface area contributed by atoms with E-state index >= 15 is 0 Å². The molecule has 0 saturated heterocycles. The molecular weight excluding hydrogens is 272 g/mol. The van der Waals surface area contributed by atoms with Crippen LogP contribution in [0.1, 0.15) is 51.3 Å². The molecule has 0 amide bonds. The minimum absolute atomic E-state index is 0.245. The van der Waals surface area contributed by atoms with E-state index in [9.17, 15) is 0 Å². The molecule has 1 aliphatic rings. The molecule has 0 spiro atoms. The number of halogens is 1. The van der Waals surface area contributed by atoms with Crippen LogP contribution in [0.15, 0.2) is 6.07 Å².